The molecule has 192 valence electrons. The molecule has 0 radical (unpaired) electrons. The third-order valence-electron chi connectivity index (χ3n) is 6.48. The van der Waals surface area contributed by atoms with Crippen LogP contribution in [0.5, 0.6) is 11.5 Å². The minimum atomic E-state index is -3.85. The molecule has 0 spiro atoms. The van der Waals surface area contributed by atoms with Crippen molar-refractivity contribution in [3.63, 3.8) is 0 Å². The van der Waals surface area contributed by atoms with Crippen LogP contribution < -0.4 is 14.8 Å². The lowest BCUT2D eigenvalue weighted by Gasteiger charge is -2.35. The molecular formula is C27H32N2O6S. The van der Waals surface area contributed by atoms with E-state index in [4.69, 9.17) is 13.9 Å². The van der Waals surface area contributed by atoms with E-state index >= 15 is 0 Å². The first kappa shape index (κ1) is 25.8. The van der Waals surface area contributed by atoms with Crippen LogP contribution in [0.1, 0.15) is 47.0 Å². The SMILES string of the molecule is COc1ccc(C(CNC(=O)c2ccc(S(=O)(=O)c3ccc(C)cc3)o2)N2CCCCC2)cc1OC. The van der Waals surface area contributed by atoms with Gasteiger partial charge in [-0.3, -0.25) is 9.69 Å². The number of likely N-dealkylation sites (tertiary alicyclic amines) is 1. The molecule has 1 aliphatic heterocycles. The standard InChI is InChI=1S/C27H32N2O6S/c1-19-7-10-21(11-8-19)36(31,32)26-14-13-24(35-26)27(30)28-18-22(29-15-5-4-6-16-29)20-9-12-23(33-2)25(17-20)34-3/h7-14,17,22H,4-6,15-16,18H2,1-3H3,(H,28,30). The second-order valence-corrected chi connectivity index (χ2v) is 10.8. The summed E-state index contributed by atoms with van der Waals surface area (Å²) in [6.45, 7) is 4.06. The monoisotopic (exact) mass is 512 g/mol. The predicted octanol–water partition coefficient (Wildman–Crippen LogP) is 4.40. The van der Waals surface area contributed by atoms with Crippen LogP contribution in [-0.2, 0) is 9.84 Å². The highest BCUT2D eigenvalue weighted by Crippen LogP contribution is 2.33. The third kappa shape index (κ3) is 5.57. The lowest BCUT2D eigenvalue weighted by Crippen LogP contribution is -2.40. The molecule has 0 bridgehead atoms. The number of piperidine rings is 1. The second kappa shape index (κ2) is 11.2. The van der Waals surface area contributed by atoms with Crippen molar-refractivity contribution < 1.29 is 27.1 Å². The van der Waals surface area contributed by atoms with Gasteiger partial charge in [-0.15, -0.1) is 0 Å². The van der Waals surface area contributed by atoms with Crippen molar-refractivity contribution in [2.24, 2.45) is 0 Å². The fourth-order valence-electron chi connectivity index (χ4n) is 4.44. The van der Waals surface area contributed by atoms with E-state index in [-0.39, 0.29) is 21.8 Å². The molecule has 1 N–H and O–H groups in total. The van der Waals surface area contributed by atoms with E-state index in [1.165, 1.54) is 30.7 Å². The molecule has 1 unspecified atom stereocenters. The van der Waals surface area contributed by atoms with Gasteiger partial charge in [0.05, 0.1) is 25.2 Å². The summed E-state index contributed by atoms with van der Waals surface area (Å²) in [5.74, 6) is 0.745. The highest BCUT2D eigenvalue weighted by molar-refractivity contribution is 7.91. The van der Waals surface area contributed by atoms with Crippen LogP contribution in [0.3, 0.4) is 0 Å². The molecule has 8 nitrogen and oxygen atoms in total. The zero-order chi connectivity index (χ0) is 25.7. The lowest BCUT2D eigenvalue weighted by molar-refractivity contribution is 0.0892. The van der Waals surface area contributed by atoms with Crippen LogP contribution >= 0.6 is 0 Å². The minimum absolute atomic E-state index is 0.0506. The van der Waals surface area contributed by atoms with Gasteiger partial charge in [0.25, 0.3) is 5.91 Å². The van der Waals surface area contributed by atoms with Crippen molar-refractivity contribution in [3.8, 4) is 11.5 Å². The van der Waals surface area contributed by atoms with Gasteiger partial charge in [-0.25, -0.2) is 8.42 Å². The largest absolute Gasteiger partial charge is 0.493 e. The molecule has 3 aromatic rings. The molecule has 1 amide bonds. The van der Waals surface area contributed by atoms with E-state index in [1.807, 2.05) is 25.1 Å². The average Bonchev–Trinajstić information content (AvgIpc) is 3.41. The summed E-state index contributed by atoms with van der Waals surface area (Å²) in [6, 6.07) is 14.9. The molecule has 1 aliphatic rings. The van der Waals surface area contributed by atoms with Crippen molar-refractivity contribution in [3.05, 3.63) is 71.5 Å². The molecule has 9 heteroatoms. The Balaban J connectivity index is 1.52. The summed E-state index contributed by atoms with van der Waals surface area (Å²) >= 11 is 0. The Morgan fingerprint density at radius 2 is 1.67 bits per heavy atom. The molecule has 1 fully saturated rings. The Labute approximate surface area is 212 Å². The number of amides is 1. The number of hydrogen-bond donors (Lipinski definition) is 1. The number of carbonyl (C=O) groups is 1. The number of nitrogens with one attached hydrogen (secondary N) is 1. The van der Waals surface area contributed by atoms with Crippen molar-refractivity contribution >= 4 is 15.7 Å². The van der Waals surface area contributed by atoms with Gasteiger partial charge in [0, 0.05) is 6.54 Å². The number of hydrogen-bond acceptors (Lipinski definition) is 7. The maximum absolute atomic E-state index is 12.9. The Morgan fingerprint density at radius 3 is 2.33 bits per heavy atom. The summed E-state index contributed by atoms with van der Waals surface area (Å²) in [4.78, 5) is 15.4. The molecule has 2 heterocycles. The van der Waals surface area contributed by atoms with E-state index in [1.54, 1.807) is 26.4 Å². The summed E-state index contributed by atoms with van der Waals surface area (Å²) in [7, 11) is -0.665. The van der Waals surface area contributed by atoms with Gasteiger partial charge >= 0.3 is 0 Å². The summed E-state index contributed by atoms with van der Waals surface area (Å²) < 4.78 is 42.1. The van der Waals surface area contributed by atoms with Crippen molar-refractivity contribution in [2.75, 3.05) is 33.9 Å². The number of nitrogens with zero attached hydrogens (tertiary/aromatic N) is 1. The van der Waals surface area contributed by atoms with Gasteiger partial charge in [0.1, 0.15) is 0 Å². The first-order valence-electron chi connectivity index (χ1n) is 12.0. The van der Waals surface area contributed by atoms with E-state index in [0.29, 0.717) is 18.0 Å². The molecule has 0 aliphatic carbocycles. The van der Waals surface area contributed by atoms with Gasteiger partial charge in [0.2, 0.25) is 14.9 Å². The van der Waals surface area contributed by atoms with Crippen LogP contribution in [-0.4, -0.2) is 53.1 Å². The van der Waals surface area contributed by atoms with Crippen LogP contribution in [0.2, 0.25) is 0 Å². The van der Waals surface area contributed by atoms with Gasteiger partial charge in [-0.2, -0.15) is 0 Å². The normalized spacial score (nSPS) is 15.3. The number of methoxy groups -OCH3 is 2. The van der Waals surface area contributed by atoms with Crippen LogP contribution in [0, 0.1) is 6.92 Å². The highest BCUT2D eigenvalue weighted by atomic mass is 32.2. The maximum Gasteiger partial charge on any atom is 0.287 e. The molecule has 0 saturated carbocycles. The molecule has 1 atom stereocenters. The van der Waals surface area contributed by atoms with Crippen molar-refractivity contribution in [1.29, 1.82) is 0 Å². The quantitative estimate of drug-likeness (QED) is 0.454. The number of ether oxygens (including phenoxy) is 2. The first-order chi connectivity index (χ1) is 17.3. The zero-order valence-corrected chi connectivity index (χ0v) is 21.6. The first-order valence-corrected chi connectivity index (χ1v) is 13.5. The number of rotatable bonds is 9. The van der Waals surface area contributed by atoms with Crippen LogP contribution in [0.4, 0.5) is 0 Å². The lowest BCUT2D eigenvalue weighted by atomic mass is 10.0. The van der Waals surface area contributed by atoms with Crippen molar-refractivity contribution in [2.45, 2.75) is 42.2 Å². The van der Waals surface area contributed by atoms with E-state index < -0.39 is 15.7 Å². The smallest absolute Gasteiger partial charge is 0.287 e. The Kier molecular flexibility index (Phi) is 8.01. The number of furan rings is 1. The second-order valence-electron chi connectivity index (χ2n) is 8.87. The topological polar surface area (TPSA) is 98.1 Å². The summed E-state index contributed by atoms with van der Waals surface area (Å²) in [6.07, 6.45) is 3.37. The fraction of sp³-hybridized carbons (Fsp3) is 0.370. The molecule has 36 heavy (non-hydrogen) atoms. The summed E-state index contributed by atoms with van der Waals surface area (Å²) in [5, 5.41) is 2.67. The van der Waals surface area contributed by atoms with Crippen LogP contribution in [0.15, 0.2) is 69.0 Å². The third-order valence-corrected chi connectivity index (χ3v) is 8.12. The van der Waals surface area contributed by atoms with Gasteiger partial charge in [0.15, 0.2) is 17.3 Å². The van der Waals surface area contributed by atoms with Gasteiger partial charge in [-0.05, 0) is 74.8 Å². The van der Waals surface area contributed by atoms with E-state index in [9.17, 15) is 13.2 Å². The maximum atomic E-state index is 12.9. The Hall–Kier alpha value is -3.30. The number of aryl methyl sites for hydroxylation is 1. The number of carbonyl (C=O) groups excluding carboxylic acids is 1. The minimum Gasteiger partial charge on any atom is -0.493 e. The van der Waals surface area contributed by atoms with Gasteiger partial charge < -0.3 is 19.2 Å². The number of sulfone groups is 1. The van der Waals surface area contributed by atoms with E-state index in [0.717, 1.165) is 37.1 Å². The molecule has 4 rings (SSSR count). The molecule has 2 aromatic carbocycles. The fourth-order valence-corrected chi connectivity index (χ4v) is 5.62. The predicted molar refractivity (Wildman–Crippen MR) is 135 cm³/mol. The van der Waals surface area contributed by atoms with Gasteiger partial charge in [-0.1, -0.05) is 30.2 Å². The highest BCUT2D eigenvalue weighted by Gasteiger charge is 2.26. The molecule has 1 aromatic heterocycles. The summed E-state index contributed by atoms with van der Waals surface area (Å²) in [5.41, 5.74) is 1.95. The number of benzene rings is 2. The van der Waals surface area contributed by atoms with E-state index in [2.05, 4.69) is 10.2 Å². The Morgan fingerprint density at radius 1 is 0.972 bits per heavy atom. The molecular weight excluding hydrogens is 480 g/mol. The molecule has 1 saturated heterocycles. The Bertz CT molecular complexity index is 1290. The average molecular weight is 513 g/mol. The van der Waals surface area contributed by atoms with Crippen LogP contribution in [0.25, 0.3) is 0 Å². The van der Waals surface area contributed by atoms with Crippen molar-refractivity contribution in [1.82, 2.24) is 10.2 Å². The zero-order valence-electron chi connectivity index (χ0n) is 20.8.